The third-order valence-corrected chi connectivity index (χ3v) is 3.60. The Morgan fingerprint density at radius 2 is 1.91 bits per heavy atom. The van der Waals surface area contributed by atoms with Gasteiger partial charge < -0.3 is 14.4 Å². The molecule has 0 fully saturated rings. The second kappa shape index (κ2) is 7.19. The van der Waals surface area contributed by atoms with Crippen molar-refractivity contribution >= 4 is 18.0 Å². The van der Waals surface area contributed by atoms with Gasteiger partial charge >= 0.3 is 5.97 Å². The van der Waals surface area contributed by atoms with Crippen LogP contribution in [0.2, 0.25) is 0 Å². The summed E-state index contributed by atoms with van der Waals surface area (Å²) in [7, 11) is 2.80. The number of hydrogen-bond donors (Lipinski definition) is 0. The van der Waals surface area contributed by atoms with Crippen LogP contribution in [0.1, 0.15) is 12.5 Å². The largest absolute Gasteiger partial charge is 0.465 e. The molecule has 5 nitrogen and oxygen atoms in total. The molecule has 0 atom stereocenters. The van der Waals surface area contributed by atoms with E-state index in [-0.39, 0.29) is 22.9 Å². The molecule has 0 saturated carbocycles. The van der Waals surface area contributed by atoms with Crippen LogP contribution in [0, 0.1) is 5.82 Å². The second-order valence-electron chi connectivity index (χ2n) is 5.01. The average Bonchev–Trinajstić information content (AvgIpc) is 2.77. The van der Waals surface area contributed by atoms with Gasteiger partial charge in [0.25, 0.3) is 5.91 Å². The van der Waals surface area contributed by atoms with Gasteiger partial charge in [-0.25, -0.2) is 9.18 Å². The summed E-state index contributed by atoms with van der Waals surface area (Å²) in [4.78, 5) is 26.1. The number of benzene rings is 1. The lowest BCUT2D eigenvalue weighted by atomic mass is 10.0. The highest BCUT2D eigenvalue weighted by molar-refractivity contribution is 6.16. The quantitative estimate of drug-likeness (QED) is 0.616. The fraction of sp³-hybridized carbons (Fsp3) is 0.294. The van der Waals surface area contributed by atoms with E-state index < -0.39 is 5.97 Å². The Hall–Kier alpha value is -2.47. The third kappa shape index (κ3) is 3.48. The molecule has 6 heteroatoms. The normalized spacial score (nSPS) is 16.4. The van der Waals surface area contributed by atoms with Crippen LogP contribution in [-0.4, -0.2) is 44.1 Å². The van der Waals surface area contributed by atoms with Crippen molar-refractivity contribution in [2.24, 2.45) is 0 Å². The summed E-state index contributed by atoms with van der Waals surface area (Å²) in [6.07, 6.45) is 1.56. The maximum atomic E-state index is 13.0. The molecule has 1 aromatic rings. The van der Waals surface area contributed by atoms with Crippen molar-refractivity contribution in [2.45, 2.75) is 6.92 Å². The molecule has 1 aliphatic rings. The Balaban J connectivity index is 2.45. The van der Waals surface area contributed by atoms with Gasteiger partial charge in [-0.3, -0.25) is 4.79 Å². The summed E-state index contributed by atoms with van der Waals surface area (Å²) in [5.41, 5.74) is 1.60. The van der Waals surface area contributed by atoms with E-state index in [0.717, 1.165) is 0 Å². The maximum absolute atomic E-state index is 13.0. The number of halogens is 1. The first-order valence-corrected chi connectivity index (χ1v) is 7.07. The molecule has 122 valence electrons. The minimum Gasteiger partial charge on any atom is -0.465 e. The van der Waals surface area contributed by atoms with Crippen molar-refractivity contribution in [3.8, 4) is 0 Å². The van der Waals surface area contributed by atoms with E-state index in [2.05, 4.69) is 0 Å². The topological polar surface area (TPSA) is 55.8 Å². The summed E-state index contributed by atoms with van der Waals surface area (Å²) >= 11 is 0. The van der Waals surface area contributed by atoms with Crippen LogP contribution in [0.15, 0.2) is 41.1 Å². The lowest BCUT2D eigenvalue weighted by molar-refractivity contribution is -0.136. The Kier molecular flexibility index (Phi) is 5.28. The lowest BCUT2D eigenvalue weighted by Crippen LogP contribution is -2.28. The number of ether oxygens (including phenoxy) is 2. The molecule has 0 aliphatic carbocycles. The standard InChI is InChI=1S/C17H18FNO4/c1-11-15(17(21)23-3)14(16(20)19(11)8-9-22-2)10-12-4-6-13(18)7-5-12/h4-7,10H,8-9H2,1-3H3. The zero-order chi connectivity index (χ0) is 17.0. The minimum absolute atomic E-state index is 0.220. The van der Waals surface area contributed by atoms with Gasteiger partial charge in [0.05, 0.1) is 24.9 Å². The Morgan fingerprint density at radius 3 is 2.48 bits per heavy atom. The van der Waals surface area contributed by atoms with E-state index in [9.17, 15) is 14.0 Å². The van der Waals surface area contributed by atoms with Crippen molar-refractivity contribution < 1.29 is 23.5 Å². The van der Waals surface area contributed by atoms with Gasteiger partial charge in [0, 0.05) is 19.4 Å². The predicted octanol–water partition coefficient (Wildman–Crippen LogP) is 2.14. The van der Waals surface area contributed by atoms with Gasteiger partial charge in [-0.1, -0.05) is 12.1 Å². The van der Waals surface area contributed by atoms with E-state index in [0.29, 0.717) is 24.4 Å². The van der Waals surface area contributed by atoms with Gasteiger partial charge in [0.15, 0.2) is 0 Å². The Bertz CT molecular complexity index is 676. The van der Waals surface area contributed by atoms with Gasteiger partial charge in [-0.15, -0.1) is 0 Å². The van der Waals surface area contributed by atoms with E-state index in [1.54, 1.807) is 13.0 Å². The maximum Gasteiger partial charge on any atom is 0.340 e. The summed E-state index contributed by atoms with van der Waals surface area (Å²) in [6, 6.07) is 5.67. The summed E-state index contributed by atoms with van der Waals surface area (Å²) in [5.74, 6) is -1.25. The number of carbonyl (C=O) groups is 2. The van der Waals surface area contributed by atoms with Crippen LogP contribution in [0.25, 0.3) is 6.08 Å². The average molecular weight is 319 g/mol. The molecule has 0 radical (unpaired) electrons. The van der Waals surface area contributed by atoms with Crippen molar-refractivity contribution in [1.82, 2.24) is 4.90 Å². The van der Waals surface area contributed by atoms with E-state index in [4.69, 9.17) is 9.47 Å². The fourth-order valence-electron chi connectivity index (χ4n) is 2.41. The molecule has 1 heterocycles. The number of esters is 1. The monoisotopic (exact) mass is 319 g/mol. The van der Waals surface area contributed by atoms with Crippen molar-refractivity contribution in [3.63, 3.8) is 0 Å². The zero-order valence-electron chi connectivity index (χ0n) is 13.3. The van der Waals surface area contributed by atoms with Crippen molar-refractivity contribution in [3.05, 3.63) is 52.5 Å². The van der Waals surface area contributed by atoms with E-state index in [1.165, 1.54) is 43.4 Å². The van der Waals surface area contributed by atoms with Crippen LogP contribution in [0.3, 0.4) is 0 Å². The van der Waals surface area contributed by atoms with Gasteiger partial charge in [0.2, 0.25) is 0 Å². The number of allylic oxidation sites excluding steroid dienone is 1. The molecule has 1 amide bonds. The highest BCUT2D eigenvalue weighted by atomic mass is 19.1. The Labute approximate surface area is 134 Å². The molecule has 0 spiro atoms. The molecule has 2 rings (SSSR count). The molecule has 0 bridgehead atoms. The molecule has 1 aromatic carbocycles. The van der Waals surface area contributed by atoms with Crippen LogP contribution < -0.4 is 0 Å². The van der Waals surface area contributed by atoms with Gasteiger partial charge in [-0.05, 0) is 30.7 Å². The number of carbonyl (C=O) groups excluding carboxylic acids is 2. The molecule has 1 aliphatic heterocycles. The van der Waals surface area contributed by atoms with Gasteiger partial charge in [0.1, 0.15) is 5.82 Å². The van der Waals surface area contributed by atoms with Crippen LogP contribution in [0.5, 0.6) is 0 Å². The highest BCUT2D eigenvalue weighted by Crippen LogP contribution is 2.31. The third-order valence-electron chi connectivity index (χ3n) is 3.60. The van der Waals surface area contributed by atoms with E-state index >= 15 is 0 Å². The van der Waals surface area contributed by atoms with Crippen molar-refractivity contribution in [1.29, 1.82) is 0 Å². The SMILES string of the molecule is COCCN1C(=O)C(=Cc2ccc(F)cc2)C(C(=O)OC)=C1C. The van der Waals surface area contributed by atoms with Crippen LogP contribution in [0.4, 0.5) is 4.39 Å². The smallest absolute Gasteiger partial charge is 0.340 e. The predicted molar refractivity (Wildman–Crippen MR) is 82.7 cm³/mol. The first-order valence-electron chi connectivity index (χ1n) is 7.07. The van der Waals surface area contributed by atoms with Crippen LogP contribution in [-0.2, 0) is 19.1 Å². The molecule has 0 unspecified atom stereocenters. The lowest BCUT2D eigenvalue weighted by Gasteiger charge is -2.16. The Morgan fingerprint density at radius 1 is 1.26 bits per heavy atom. The fourth-order valence-corrected chi connectivity index (χ4v) is 2.41. The van der Waals surface area contributed by atoms with Gasteiger partial charge in [-0.2, -0.15) is 0 Å². The second-order valence-corrected chi connectivity index (χ2v) is 5.01. The number of rotatable bonds is 5. The number of hydrogen-bond acceptors (Lipinski definition) is 4. The highest BCUT2D eigenvalue weighted by Gasteiger charge is 2.36. The molecular formula is C17H18FNO4. The summed E-state index contributed by atoms with van der Waals surface area (Å²) < 4.78 is 22.8. The summed E-state index contributed by atoms with van der Waals surface area (Å²) in [6.45, 7) is 2.37. The molecule has 23 heavy (non-hydrogen) atoms. The van der Waals surface area contributed by atoms with Crippen molar-refractivity contribution in [2.75, 3.05) is 27.4 Å². The number of nitrogens with zero attached hydrogens (tertiary/aromatic N) is 1. The zero-order valence-corrected chi connectivity index (χ0v) is 13.3. The number of methoxy groups -OCH3 is 2. The first-order chi connectivity index (χ1) is 11.0. The number of amides is 1. The first kappa shape index (κ1) is 16.9. The molecule has 0 N–H and O–H groups in total. The minimum atomic E-state index is -0.580. The molecule has 0 saturated heterocycles. The van der Waals surface area contributed by atoms with Crippen LogP contribution >= 0.6 is 0 Å². The molecular weight excluding hydrogens is 301 g/mol. The van der Waals surface area contributed by atoms with E-state index in [1.807, 2.05) is 0 Å². The summed E-state index contributed by atoms with van der Waals surface area (Å²) in [5, 5.41) is 0. The molecule has 0 aromatic heterocycles.